The number of aryl methyl sites for hydroxylation is 1. The highest BCUT2D eigenvalue weighted by atomic mass is 79.9. The van der Waals surface area contributed by atoms with E-state index in [4.69, 9.17) is 0 Å². The first-order chi connectivity index (χ1) is 9.08. The number of benzene rings is 1. The van der Waals surface area contributed by atoms with Gasteiger partial charge in [0.2, 0.25) is 0 Å². The van der Waals surface area contributed by atoms with Crippen molar-refractivity contribution in [3.63, 3.8) is 0 Å². The molecule has 0 spiro atoms. The molecule has 0 bridgehead atoms. The molecule has 1 heterocycles. The fourth-order valence-electron chi connectivity index (χ4n) is 1.87. The second-order valence-electron chi connectivity index (χ2n) is 4.44. The molecule has 0 saturated heterocycles. The second-order valence-corrected chi connectivity index (χ2v) is 5.36. The van der Waals surface area contributed by atoms with Gasteiger partial charge in [-0.15, -0.1) is 0 Å². The van der Waals surface area contributed by atoms with Crippen molar-refractivity contribution in [3.8, 4) is 0 Å². The van der Waals surface area contributed by atoms with Crippen molar-refractivity contribution in [2.75, 3.05) is 7.05 Å². The van der Waals surface area contributed by atoms with Crippen molar-refractivity contribution in [1.29, 1.82) is 0 Å². The van der Waals surface area contributed by atoms with Gasteiger partial charge >= 0.3 is 0 Å². The molecule has 0 amide bonds. The molecule has 5 heteroatoms. The Hall–Kier alpha value is -1.33. The van der Waals surface area contributed by atoms with Crippen LogP contribution in [0.4, 0.5) is 4.39 Å². The van der Waals surface area contributed by atoms with Crippen LogP contribution in [0.1, 0.15) is 23.0 Å². The molecule has 0 aliphatic rings. The lowest BCUT2D eigenvalue weighted by atomic mass is 10.1. The third-order valence-electron chi connectivity index (χ3n) is 2.82. The van der Waals surface area contributed by atoms with Crippen LogP contribution in [-0.2, 0) is 6.42 Å². The zero-order chi connectivity index (χ0) is 13.8. The molecule has 0 aliphatic heterocycles. The molecule has 2 rings (SSSR count). The number of rotatable bonds is 4. The summed E-state index contributed by atoms with van der Waals surface area (Å²) in [6, 6.07) is 4.85. The summed E-state index contributed by atoms with van der Waals surface area (Å²) in [6.45, 7) is 1.95. The minimum Gasteiger partial charge on any atom is -0.310 e. The lowest BCUT2D eigenvalue weighted by Crippen LogP contribution is -2.21. The summed E-state index contributed by atoms with van der Waals surface area (Å²) in [4.78, 5) is 8.62. The Bertz CT molecular complexity index is 537. The average molecular weight is 324 g/mol. The second kappa shape index (κ2) is 6.21. The summed E-state index contributed by atoms with van der Waals surface area (Å²) in [5.41, 5.74) is 1.92. The molecule has 0 fully saturated rings. The normalized spacial score (nSPS) is 12.4. The highest BCUT2D eigenvalue weighted by molar-refractivity contribution is 9.10. The summed E-state index contributed by atoms with van der Waals surface area (Å²) >= 11 is 3.30. The lowest BCUT2D eigenvalue weighted by molar-refractivity contribution is 0.552. The van der Waals surface area contributed by atoms with Crippen molar-refractivity contribution >= 4 is 15.9 Å². The molecule has 3 nitrogen and oxygen atoms in total. The first-order valence-corrected chi connectivity index (χ1v) is 6.78. The van der Waals surface area contributed by atoms with Crippen molar-refractivity contribution in [2.45, 2.75) is 19.4 Å². The Kier molecular flexibility index (Phi) is 4.61. The van der Waals surface area contributed by atoms with Crippen molar-refractivity contribution < 1.29 is 4.39 Å². The maximum Gasteiger partial charge on any atom is 0.145 e. The summed E-state index contributed by atoms with van der Waals surface area (Å²) < 4.78 is 14.1. The monoisotopic (exact) mass is 323 g/mol. The van der Waals surface area contributed by atoms with Gasteiger partial charge in [0, 0.05) is 16.9 Å². The Morgan fingerprint density at radius 3 is 2.53 bits per heavy atom. The molecule has 1 unspecified atom stereocenters. The maximum absolute atomic E-state index is 13.4. The van der Waals surface area contributed by atoms with Crippen LogP contribution in [0.5, 0.6) is 0 Å². The van der Waals surface area contributed by atoms with E-state index in [1.54, 1.807) is 12.4 Å². The first-order valence-electron chi connectivity index (χ1n) is 5.99. The summed E-state index contributed by atoms with van der Waals surface area (Å²) in [5.74, 6) is 0.470. The minimum absolute atomic E-state index is 0.0331. The van der Waals surface area contributed by atoms with Crippen LogP contribution in [0.2, 0.25) is 0 Å². The van der Waals surface area contributed by atoms with E-state index in [1.807, 2.05) is 20.0 Å². The van der Waals surface area contributed by atoms with Gasteiger partial charge in [-0.3, -0.25) is 0 Å². The SMILES string of the molecule is CNC(Cc1cc(F)cc(Br)c1)c1ncc(C)cn1. The van der Waals surface area contributed by atoms with Crippen LogP contribution >= 0.6 is 15.9 Å². The molecule has 2 aromatic rings. The van der Waals surface area contributed by atoms with E-state index in [0.717, 1.165) is 15.6 Å². The zero-order valence-corrected chi connectivity index (χ0v) is 12.4. The number of aromatic nitrogens is 2. The minimum atomic E-state index is -0.246. The van der Waals surface area contributed by atoms with Crippen LogP contribution in [0.15, 0.2) is 35.1 Å². The standard InChI is InChI=1S/C14H15BrFN3/c1-9-7-18-14(19-8-9)13(17-2)5-10-3-11(15)6-12(16)4-10/h3-4,6-8,13,17H,5H2,1-2H3. The molecule has 19 heavy (non-hydrogen) atoms. The lowest BCUT2D eigenvalue weighted by Gasteiger charge is -2.15. The van der Waals surface area contributed by atoms with Crippen LogP contribution in [0.25, 0.3) is 0 Å². The Labute approximate surface area is 120 Å². The first kappa shape index (κ1) is 14.1. The molecule has 0 radical (unpaired) electrons. The molecule has 0 saturated carbocycles. The molecule has 1 aromatic heterocycles. The van der Waals surface area contributed by atoms with E-state index in [1.165, 1.54) is 12.1 Å². The third kappa shape index (κ3) is 3.81. The number of nitrogens with zero attached hydrogens (tertiary/aromatic N) is 2. The molecule has 0 aliphatic carbocycles. The topological polar surface area (TPSA) is 37.8 Å². The van der Waals surface area contributed by atoms with Gasteiger partial charge in [0.15, 0.2) is 0 Å². The van der Waals surface area contributed by atoms with Crippen molar-refractivity contribution in [2.24, 2.45) is 0 Å². The zero-order valence-electron chi connectivity index (χ0n) is 10.8. The molecule has 1 atom stereocenters. The van der Waals surface area contributed by atoms with Gasteiger partial charge in [-0.05, 0) is 49.7 Å². The Morgan fingerprint density at radius 1 is 1.26 bits per heavy atom. The number of nitrogens with one attached hydrogen (secondary N) is 1. The van der Waals surface area contributed by atoms with Crippen LogP contribution in [-0.4, -0.2) is 17.0 Å². The molecular weight excluding hydrogens is 309 g/mol. The van der Waals surface area contributed by atoms with E-state index >= 15 is 0 Å². The van der Waals surface area contributed by atoms with Gasteiger partial charge in [-0.2, -0.15) is 0 Å². The number of halogens is 2. The van der Waals surface area contributed by atoms with E-state index in [0.29, 0.717) is 12.2 Å². The highest BCUT2D eigenvalue weighted by Crippen LogP contribution is 2.20. The van der Waals surface area contributed by atoms with Gasteiger partial charge < -0.3 is 5.32 Å². The fourth-order valence-corrected chi connectivity index (χ4v) is 2.38. The summed E-state index contributed by atoms with van der Waals surface area (Å²) in [6.07, 6.45) is 4.21. The quantitative estimate of drug-likeness (QED) is 0.939. The molecule has 1 N–H and O–H groups in total. The number of likely N-dealkylation sites (N-methyl/N-ethyl adjacent to an activating group) is 1. The van der Waals surface area contributed by atoms with Crippen LogP contribution in [0.3, 0.4) is 0 Å². The predicted octanol–water partition coefficient (Wildman–Crippen LogP) is 3.19. The molecule has 100 valence electrons. The molecular formula is C14H15BrFN3. The smallest absolute Gasteiger partial charge is 0.145 e. The van der Waals surface area contributed by atoms with Gasteiger partial charge in [-0.25, -0.2) is 14.4 Å². The van der Waals surface area contributed by atoms with Crippen molar-refractivity contribution in [1.82, 2.24) is 15.3 Å². The molecule has 1 aromatic carbocycles. The summed E-state index contributed by atoms with van der Waals surface area (Å²) in [5, 5.41) is 3.16. The highest BCUT2D eigenvalue weighted by Gasteiger charge is 2.13. The van der Waals surface area contributed by atoms with E-state index in [9.17, 15) is 4.39 Å². The fraction of sp³-hybridized carbons (Fsp3) is 0.286. The maximum atomic E-state index is 13.4. The summed E-state index contributed by atoms with van der Waals surface area (Å²) in [7, 11) is 1.85. The largest absolute Gasteiger partial charge is 0.310 e. The Balaban J connectivity index is 2.21. The van der Waals surface area contributed by atoms with E-state index in [2.05, 4.69) is 31.2 Å². The number of hydrogen-bond donors (Lipinski definition) is 1. The van der Waals surface area contributed by atoms with Crippen LogP contribution in [0, 0.1) is 12.7 Å². The number of hydrogen-bond acceptors (Lipinski definition) is 3. The third-order valence-corrected chi connectivity index (χ3v) is 3.28. The Morgan fingerprint density at radius 2 is 1.95 bits per heavy atom. The van der Waals surface area contributed by atoms with Gasteiger partial charge in [-0.1, -0.05) is 15.9 Å². The predicted molar refractivity (Wildman–Crippen MR) is 76.4 cm³/mol. The van der Waals surface area contributed by atoms with Crippen LogP contribution < -0.4 is 5.32 Å². The van der Waals surface area contributed by atoms with E-state index in [-0.39, 0.29) is 11.9 Å². The van der Waals surface area contributed by atoms with Gasteiger partial charge in [0.05, 0.1) is 6.04 Å². The van der Waals surface area contributed by atoms with Gasteiger partial charge in [0.1, 0.15) is 11.6 Å². The van der Waals surface area contributed by atoms with Gasteiger partial charge in [0.25, 0.3) is 0 Å². The van der Waals surface area contributed by atoms with Crippen molar-refractivity contribution in [3.05, 3.63) is 57.8 Å². The average Bonchev–Trinajstić information content (AvgIpc) is 2.36. The van der Waals surface area contributed by atoms with E-state index < -0.39 is 0 Å².